The van der Waals surface area contributed by atoms with Gasteiger partial charge in [-0.05, 0) is 36.8 Å². The lowest BCUT2D eigenvalue weighted by molar-refractivity contribution is -0.116. The number of aromatic nitrogens is 1. The quantitative estimate of drug-likeness (QED) is 0.805. The standard InChI is InChI=1S/C17H15N3O/c1-12(21)20-11-17(2,16-5-3-4-8-19-16)14-7-6-13(10-18)9-15(14)20/h3-9H,11H2,1-2H3. The zero-order chi connectivity index (χ0) is 15.0. The maximum Gasteiger partial charge on any atom is 0.223 e. The van der Waals surface area contributed by atoms with E-state index in [0.717, 1.165) is 16.9 Å². The zero-order valence-electron chi connectivity index (χ0n) is 12.0. The summed E-state index contributed by atoms with van der Waals surface area (Å²) in [4.78, 5) is 18.1. The molecule has 21 heavy (non-hydrogen) atoms. The van der Waals surface area contributed by atoms with E-state index in [2.05, 4.69) is 18.0 Å². The van der Waals surface area contributed by atoms with Crippen molar-refractivity contribution in [2.45, 2.75) is 19.3 Å². The highest BCUT2D eigenvalue weighted by Gasteiger charge is 2.42. The van der Waals surface area contributed by atoms with E-state index in [1.807, 2.05) is 24.3 Å². The Balaban J connectivity index is 2.21. The third kappa shape index (κ3) is 1.98. The summed E-state index contributed by atoms with van der Waals surface area (Å²) in [5.74, 6) is -0.0222. The second-order valence-corrected chi connectivity index (χ2v) is 5.50. The number of amides is 1. The van der Waals surface area contributed by atoms with Crippen LogP contribution in [-0.4, -0.2) is 17.4 Å². The van der Waals surface area contributed by atoms with Crippen LogP contribution in [0.15, 0.2) is 42.6 Å². The average molecular weight is 277 g/mol. The van der Waals surface area contributed by atoms with E-state index in [4.69, 9.17) is 5.26 Å². The van der Waals surface area contributed by atoms with Gasteiger partial charge in [0.25, 0.3) is 0 Å². The fourth-order valence-corrected chi connectivity index (χ4v) is 2.97. The largest absolute Gasteiger partial charge is 0.311 e. The van der Waals surface area contributed by atoms with Gasteiger partial charge in [-0.1, -0.05) is 12.1 Å². The van der Waals surface area contributed by atoms with Gasteiger partial charge < -0.3 is 4.90 Å². The molecule has 1 atom stereocenters. The van der Waals surface area contributed by atoms with Crippen LogP contribution in [0.5, 0.6) is 0 Å². The molecule has 0 bridgehead atoms. The number of nitriles is 1. The van der Waals surface area contributed by atoms with Crippen LogP contribution in [0.4, 0.5) is 5.69 Å². The molecule has 0 spiro atoms. The van der Waals surface area contributed by atoms with Crippen molar-refractivity contribution in [1.82, 2.24) is 4.98 Å². The molecule has 1 aliphatic rings. The molecule has 0 N–H and O–H groups in total. The van der Waals surface area contributed by atoms with E-state index in [9.17, 15) is 4.79 Å². The Morgan fingerprint density at radius 1 is 1.38 bits per heavy atom. The van der Waals surface area contributed by atoms with Gasteiger partial charge in [-0.2, -0.15) is 5.26 Å². The van der Waals surface area contributed by atoms with Crippen LogP contribution in [0.25, 0.3) is 0 Å². The van der Waals surface area contributed by atoms with Crippen molar-refractivity contribution >= 4 is 11.6 Å². The maximum atomic E-state index is 12.0. The van der Waals surface area contributed by atoms with E-state index in [1.54, 1.807) is 30.2 Å². The maximum absolute atomic E-state index is 12.0. The van der Waals surface area contributed by atoms with Gasteiger partial charge in [-0.3, -0.25) is 9.78 Å². The van der Waals surface area contributed by atoms with Crippen molar-refractivity contribution in [2.75, 3.05) is 11.4 Å². The van der Waals surface area contributed by atoms with Crippen molar-refractivity contribution < 1.29 is 4.79 Å². The van der Waals surface area contributed by atoms with E-state index in [-0.39, 0.29) is 11.3 Å². The van der Waals surface area contributed by atoms with Gasteiger partial charge in [0.05, 0.1) is 22.7 Å². The summed E-state index contributed by atoms with van der Waals surface area (Å²) in [5.41, 5.74) is 2.99. The Labute approximate surface area is 123 Å². The zero-order valence-corrected chi connectivity index (χ0v) is 12.0. The summed E-state index contributed by atoms with van der Waals surface area (Å²) in [7, 11) is 0. The summed E-state index contributed by atoms with van der Waals surface area (Å²) in [6.07, 6.45) is 1.76. The SMILES string of the molecule is CC(=O)N1CC(C)(c2ccccn2)c2ccc(C#N)cc21. The molecular weight excluding hydrogens is 262 g/mol. The first-order valence-electron chi connectivity index (χ1n) is 6.80. The molecule has 4 heteroatoms. The van der Waals surface area contributed by atoms with Crippen molar-refractivity contribution in [3.63, 3.8) is 0 Å². The number of rotatable bonds is 1. The van der Waals surface area contributed by atoms with Gasteiger partial charge >= 0.3 is 0 Å². The first-order chi connectivity index (χ1) is 10.1. The predicted octanol–water partition coefficient (Wildman–Crippen LogP) is 2.63. The molecule has 104 valence electrons. The number of nitrogens with zero attached hydrogens (tertiary/aromatic N) is 3. The first-order valence-corrected chi connectivity index (χ1v) is 6.80. The molecule has 0 saturated carbocycles. The van der Waals surface area contributed by atoms with E-state index < -0.39 is 0 Å². The van der Waals surface area contributed by atoms with Crippen LogP contribution in [-0.2, 0) is 10.2 Å². The van der Waals surface area contributed by atoms with E-state index in [0.29, 0.717) is 12.1 Å². The van der Waals surface area contributed by atoms with Crippen LogP contribution >= 0.6 is 0 Å². The molecule has 2 aromatic rings. The highest BCUT2D eigenvalue weighted by Crippen LogP contribution is 2.44. The molecule has 3 rings (SSSR count). The lowest BCUT2D eigenvalue weighted by atomic mass is 9.81. The normalized spacial score (nSPS) is 20.0. The fraction of sp³-hybridized carbons (Fsp3) is 0.235. The number of hydrogen-bond donors (Lipinski definition) is 0. The van der Waals surface area contributed by atoms with Crippen molar-refractivity contribution in [1.29, 1.82) is 5.26 Å². The molecular formula is C17H15N3O. The fourth-order valence-electron chi connectivity index (χ4n) is 2.97. The summed E-state index contributed by atoms with van der Waals surface area (Å²) < 4.78 is 0. The van der Waals surface area contributed by atoms with Gasteiger partial charge in [0.2, 0.25) is 5.91 Å². The third-order valence-corrected chi connectivity index (χ3v) is 4.10. The second kappa shape index (κ2) is 4.71. The molecule has 0 aliphatic carbocycles. The molecule has 4 nitrogen and oxygen atoms in total. The Morgan fingerprint density at radius 2 is 2.19 bits per heavy atom. The van der Waals surface area contributed by atoms with E-state index >= 15 is 0 Å². The average Bonchev–Trinajstić information content (AvgIpc) is 2.82. The highest BCUT2D eigenvalue weighted by atomic mass is 16.2. The van der Waals surface area contributed by atoms with Crippen LogP contribution in [0.3, 0.4) is 0 Å². The Bertz CT molecular complexity index is 748. The lowest BCUT2D eigenvalue weighted by Gasteiger charge is -2.24. The number of fused-ring (bicyclic) bond motifs is 1. The van der Waals surface area contributed by atoms with Gasteiger partial charge in [0, 0.05) is 25.4 Å². The molecule has 1 aromatic heterocycles. The van der Waals surface area contributed by atoms with Crippen LogP contribution in [0.1, 0.15) is 30.7 Å². The topological polar surface area (TPSA) is 57.0 Å². The first kappa shape index (κ1) is 13.3. The van der Waals surface area contributed by atoms with Gasteiger partial charge in [-0.25, -0.2) is 0 Å². The molecule has 0 radical (unpaired) electrons. The molecule has 0 saturated heterocycles. The Morgan fingerprint density at radius 3 is 2.81 bits per heavy atom. The number of carbonyl (C=O) groups is 1. The minimum Gasteiger partial charge on any atom is -0.311 e. The molecule has 1 aliphatic heterocycles. The van der Waals surface area contributed by atoms with Gasteiger partial charge in [0.15, 0.2) is 0 Å². The molecule has 1 unspecified atom stereocenters. The predicted molar refractivity (Wildman–Crippen MR) is 79.9 cm³/mol. The number of hydrogen-bond acceptors (Lipinski definition) is 3. The Hall–Kier alpha value is -2.67. The van der Waals surface area contributed by atoms with Crippen LogP contribution in [0.2, 0.25) is 0 Å². The Kier molecular flexibility index (Phi) is 2.99. The van der Waals surface area contributed by atoms with Crippen LogP contribution < -0.4 is 4.90 Å². The molecule has 0 fully saturated rings. The van der Waals surface area contributed by atoms with Crippen LogP contribution in [0, 0.1) is 11.3 Å². The summed E-state index contributed by atoms with van der Waals surface area (Å²) in [6, 6.07) is 13.5. The summed E-state index contributed by atoms with van der Waals surface area (Å²) in [6.45, 7) is 4.18. The van der Waals surface area contributed by atoms with Gasteiger partial charge in [0.1, 0.15) is 0 Å². The molecule has 2 heterocycles. The van der Waals surface area contributed by atoms with Crippen molar-refractivity contribution in [3.05, 3.63) is 59.4 Å². The minimum atomic E-state index is -0.351. The minimum absolute atomic E-state index is 0.0222. The highest BCUT2D eigenvalue weighted by molar-refractivity contribution is 5.95. The van der Waals surface area contributed by atoms with Gasteiger partial charge in [-0.15, -0.1) is 0 Å². The summed E-state index contributed by atoms with van der Waals surface area (Å²) in [5, 5.41) is 9.08. The summed E-state index contributed by atoms with van der Waals surface area (Å²) >= 11 is 0. The van der Waals surface area contributed by atoms with E-state index in [1.165, 1.54) is 0 Å². The number of carbonyl (C=O) groups excluding carboxylic acids is 1. The smallest absolute Gasteiger partial charge is 0.223 e. The lowest BCUT2D eigenvalue weighted by Crippen LogP contribution is -2.35. The van der Waals surface area contributed by atoms with Crippen molar-refractivity contribution in [2.24, 2.45) is 0 Å². The van der Waals surface area contributed by atoms with Crippen molar-refractivity contribution in [3.8, 4) is 6.07 Å². The molecule has 1 amide bonds. The number of anilines is 1. The number of pyridine rings is 1. The number of benzene rings is 1. The molecule has 1 aromatic carbocycles. The second-order valence-electron chi connectivity index (χ2n) is 5.50. The monoisotopic (exact) mass is 277 g/mol. The third-order valence-electron chi connectivity index (χ3n) is 4.10.